The summed E-state index contributed by atoms with van der Waals surface area (Å²) < 4.78 is 10.4. The molecule has 1 rings (SSSR count). The molecule has 4 nitrogen and oxygen atoms in total. The van der Waals surface area contributed by atoms with Gasteiger partial charge in [0.25, 0.3) is 0 Å². The number of alkyl carbamates (subject to hydrolysis) is 1. The molecule has 0 radical (unpaired) electrons. The molecule has 1 aromatic rings. The predicted octanol–water partition coefficient (Wildman–Crippen LogP) is 3.26. The van der Waals surface area contributed by atoms with E-state index in [9.17, 15) is 4.79 Å². The molecule has 1 aromatic heterocycles. The summed E-state index contributed by atoms with van der Waals surface area (Å²) in [7, 11) is 0. The lowest BCUT2D eigenvalue weighted by Crippen LogP contribution is -2.34. The van der Waals surface area contributed by atoms with E-state index >= 15 is 0 Å². The van der Waals surface area contributed by atoms with Crippen LogP contribution in [0.1, 0.15) is 45.9 Å². The Bertz CT molecular complexity index is 325. The minimum absolute atomic E-state index is 0.134. The van der Waals surface area contributed by atoms with Crippen LogP contribution >= 0.6 is 0 Å². The largest absolute Gasteiger partial charge is 0.467 e. The smallest absolute Gasteiger partial charge is 0.408 e. The molecule has 0 spiro atoms. The summed E-state index contributed by atoms with van der Waals surface area (Å²) in [5.41, 5.74) is -0.481. The molecule has 0 aliphatic carbocycles. The molecule has 0 fully saturated rings. The minimum Gasteiger partial charge on any atom is -0.467 e. The molecule has 90 valence electrons. The highest BCUT2D eigenvalue weighted by Gasteiger charge is 2.20. The van der Waals surface area contributed by atoms with Gasteiger partial charge in [0, 0.05) is 0 Å². The molecular formula is C12H19NO3. The zero-order chi connectivity index (χ0) is 12.2. The Balaban J connectivity index is 2.55. The van der Waals surface area contributed by atoms with Crippen molar-refractivity contribution in [1.29, 1.82) is 0 Å². The van der Waals surface area contributed by atoms with Crippen LogP contribution in [-0.4, -0.2) is 11.7 Å². The number of nitrogens with one attached hydrogen (secondary N) is 1. The van der Waals surface area contributed by atoms with Crippen molar-refractivity contribution in [2.75, 3.05) is 0 Å². The third-order valence-electron chi connectivity index (χ3n) is 1.99. The Morgan fingerprint density at radius 3 is 2.69 bits per heavy atom. The maximum atomic E-state index is 11.5. The van der Waals surface area contributed by atoms with E-state index in [1.165, 1.54) is 0 Å². The van der Waals surface area contributed by atoms with Gasteiger partial charge in [-0.1, -0.05) is 6.92 Å². The molecule has 0 saturated heterocycles. The van der Waals surface area contributed by atoms with Crippen LogP contribution in [0.3, 0.4) is 0 Å². The fourth-order valence-electron chi connectivity index (χ4n) is 1.31. The van der Waals surface area contributed by atoms with Crippen molar-refractivity contribution >= 4 is 6.09 Å². The highest BCUT2D eigenvalue weighted by Crippen LogP contribution is 2.17. The number of ether oxygens (including phenoxy) is 1. The average Bonchev–Trinajstić information content (AvgIpc) is 2.63. The van der Waals surface area contributed by atoms with E-state index in [4.69, 9.17) is 9.15 Å². The summed E-state index contributed by atoms with van der Waals surface area (Å²) in [6, 6.07) is 3.50. The third-order valence-corrected chi connectivity index (χ3v) is 1.99. The van der Waals surface area contributed by atoms with Crippen molar-refractivity contribution in [3.05, 3.63) is 24.2 Å². The van der Waals surface area contributed by atoms with Crippen LogP contribution in [0.15, 0.2) is 22.8 Å². The Labute approximate surface area is 96.0 Å². The monoisotopic (exact) mass is 225 g/mol. The van der Waals surface area contributed by atoms with Gasteiger partial charge in [-0.05, 0) is 39.3 Å². The Hall–Kier alpha value is -1.45. The minimum atomic E-state index is -0.481. The zero-order valence-corrected chi connectivity index (χ0v) is 10.2. The second kappa shape index (κ2) is 5.05. The first-order valence-electron chi connectivity index (χ1n) is 5.45. The van der Waals surface area contributed by atoms with Gasteiger partial charge in [-0.25, -0.2) is 4.79 Å². The first kappa shape index (κ1) is 12.6. The molecule has 1 amide bonds. The number of carbonyl (C=O) groups excluding carboxylic acids is 1. The SMILES string of the molecule is CC[C@H](NC(=O)OC(C)(C)C)c1ccco1. The van der Waals surface area contributed by atoms with Gasteiger partial charge in [-0.2, -0.15) is 0 Å². The summed E-state index contributed by atoms with van der Waals surface area (Å²) in [5, 5.41) is 2.77. The van der Waals surface area contributed by atoms with E-state index < -0.39 is 11.7 Å². The van der Waals surface area contributed by atoms with E-state index in [2.05, 4.69) is 5.32 Å². The van der Waals surface area contributed by atoms with E-state index in [1.54, 1.807) is 12.3 Å². The number of hydrogen-bond acceptors (Lipinski definition) is 3. The fourth-order valence-corrected chi connectivity index (χ4v) is 1.31. The summed E-state index contributed by atoms with van der Waals surface area (Å²) in [4.78, 5) is 11.5. The average molecular weight is 225 g/mol. The topological polar surface area (TPSA) is 51.5 Å². The molecule has 1 N–H and O–H groups in total. The van der Waals surface area contributed by atoms with Crippen molar-refractivity contribution in [3.63, 3.8) is 0 Å². The van der Waals surface area contributed by atoms with Crippen LogP contribution in [0, 0.1) is 0 Å². The maximum Gasteiger partial charge on any atom is 0.408 e. The summed E-state index contributed by atoms with van der Waals surface area (Å²) >= 11 is 0. The fraction of sp³-hybridized carbons (Fsp3) is 0.583. The lowest BCUT2D eigenvalue weighted by molar-refractivity contribution is 0.0496. The van der Waals surface area contributed by atoms with Crippen molar-refractivity contribution in [2.24, 2.45) is 0 Å². The van der Waals surface area contributed by atoms with Crippen LogP contribution in [0.4, 0.5) is 4.79 Å². The summed E-state index contributed by atoms with van der Waals surface area (Å²) in [6.45, 7) is 7.48. The second-order valence-corrected chi connectivity index (χ2v) is 4.62. The lowest BCUT2D eigenvalue weighted by atomic mass is 10.2. The zero-order valence-electron chi connectivity index (χ0n) is 10.2. The quantitative estimate of drug-likeness (QED) is 0.859. The van der Waals surface area contributed by atoms with Crippen LogP contribution in [-0.2, 0) is 4.74 Å². The molecule has 0 bridgehead atoms. The van der Waals surface area contributed by atoms with Crippen molar-refractivity contribution in [3.8, 4) is 0 Å². The van der Waals surface area contributed by atoms with Gasteiger partial charge in [0.2, 0.25) is 0 Å². The van der Waals surface area contributed by atoms with Crippen LogP contribution in [0.2, 0.25) is 0 Å². The Morgan fingerprint density at radius 2 is 2.25 bits per heavy atom. The van der Waals surface area contributed by atoms with Crippen molar-refractivity contribution in [2.45, 2.75) is 45.8 Å². The van der Waals surface area contributed by atoms with E-state index in [-0.39, 0.29) is 6.04 Å². The van der Waals surface area contributed by atoms with E-state index in [1.807, 2.05) is 33.8 Å². The predicted molar refractivity (Wildman–Crippen MR) is 61.1 cm³/mol. The summed E-state index contributed by atoms with van der Waals surface area (Å²) in [5.74, 6) is 0.744. The normalized spacial score (nSPS) is 13.2. The van der Waals surface area contributed by atoms with Crippen LogP contribution in [0.25, 0.3) is 0 Å². The second-order valence-electron chi connectivity index (χ2n) is 4.62. The first-order valence-corrected chi connectivity index (χ1v) is 5.45. The number of amides is 1. The molecule has 0 aliphatic heterocycles. The molecular weight excluding hydrogens is 206 g/mol. The number of carbonyl (C=O) groups is 1. The first-order chi connectivity index (χ1) is 7.42. The number of rotatable bonds is 3. The molecule has 16 heavy (non-hydrogen) atoms. The lowest BCUT2D eigenvalue weighted by Gasteiger charge is -2.22. The van der Waals surface area contributed by atoms with Crippen LogP contribution in [0.5, 0.6) is 0 Å². The van der Waals surface area contributed by atoms with Gasteiger partial charge >= 0.3 is 6.09 Å². The highest BCUT2D eigenvalue weighted by molar-refractivity contribution is 5.68. The third kappa shape index (κ3) is 3.96. The van der Waals surface area contributed by atoms with Gasteiger partial charge in [0.1, 0.15) is 11.4 Å². The molecule has 0 aliphatic rings. The Kier molecular flexibility index (Phi) is 3.99. The van der Waals surface area contributed by atoms with Gasteiger partial charge in [-0.3, -0.25) is 0 Å². The molecule has 0 aromatic carbocycles. The van der Waals surface area contributed by atoms with Gasteiger partial charge in [0.15, 0.2) is 0 Å². The van der Waals surface area contributed by atoms with Gasteiger partial charge < -0.3 is 14.5 Å². The maximum absolute atomic E-state index is 11.5. The van der Waals surface area contributed by atoms with E-state index in [0.717, 1.165) is 12.2 Å². The van der Waals surface area contributed by atoms with E-state index in [0.29, 0.717) is 0 Å². The molecule has 1 heterocycles. The molecule has 1 atom stereocenters. The van der Waals surface area contributed by atoms with Gasteiger partial charge in [-0.15, -0.1) is 0 Å². The van der Waals surface area contributed by atoms with Crippen LogP contribution < -0.4 is 5.32 Å². The summed E-state index contributed by atoms with van der Waals surface area (Å²) in [6.07, 6.45) is 1.93. The number of hydrogen-bond donors (Lipinski definition) is 1. The highest BCUT2D eigenvalue weighted by atomic mass is 16.6. The van der Waals surface area contributed by atoms with Crippen molar-refractivity contribution < 1.29 is 13.9 Å². The number of furan rings is 1. The standard InChI is InChI=1S/C12H19NO3/c1-5-9(10-7-6-8-15-10)13-11(14)16-12(2,3)4/h6-9H,5H2,1-4H3,(H,13,14)/t9-/m0/s1. The van der Waals surface area contributed by atoms with Crippen molar-refractivity contribution in [1.82, 2.24) is 5.32 Å². The molecule has 0 unspecified atom stereocenters. The molecule has 4 heteroatoms. The van der Waals surface area contributed by atoms with Gasteiger partial charge in [0.05, 0.1) is 12.3 Å². The Morgan fingerprint density at radius 1 is 1.56 bits per heavy atom. The molecule has 0 saturated carbocycles.